The Hall–Kier alpha value is -1.79. The van der Waals surface area contributed by atoms with Crippen molar-refractivity contribution < 1.29 is 19.5 Å². The van der Waals surface area contributed by atoms with E-state index in [4.69, 9.17) is 0 Å². The fraction of sp³-hybridized carbons (Fsp3) is 0.786. The molecule has 3 amide bonds. The molecule has 0 aliphatic carbocycles. The van der Waals surface area contributed by atoms with Gasteiger partial charge in [0.05, 0.1) is 5.92 Å². The summed E-state index contributed by atoms with van der Waals surface area (Å²) in [7, 11) is 4.71. The molecule has 122 valence electrons. The van der Waals surface area contributed by atoms with Gasteiger partial charge in [-0.3, -0.25) is 9.59 Å². The molecular weight excluding hydrogens is 274 g/mol. The Balaban J connectivity index is 4.43. The second-order valence-electron chi connectivity index (χ2n) is 6.63. The molecule has 0 aromatic carbocycles. The van der Waals surface area contributed by atoms with Crippen LogP contribution in [0, 0.1) is 11.3 Å². The van der Waals surface area contributed by atoms with Gasteiger partial charge in [-0.25, -0.2) is 4.79 Å². The third-order valence-corrected chi connectivity index (χ3v) is 2.93. The summed E-state index contributed by atoms with van der Waals surface area (Å²) in [6.45, 7) is 5.85. The van der Waals surface area contributed by atoms with E-state index < -0.39 is 17.9 Å². The molecule has 7 heteroatoms. The van der Waals surface area contributed by atoms with Crippen molar-refractivity contribution in [3.8, 4) is 0 Å². The molecule has 0 spiro atoms. The predicted octanol–water partition coefficient (Wildman–Crippen LogP) is 0.853. The minimum atomic E-state index is -0.933. The lowest BCUT2D eigenvalue weighted by atomic mass is 9.84. The summed E-state index contributed by atoms with van der Waals surface area (Å²) < 4.78 is 0. The molecule has 1 atom stereocenters. The molecule has 2 N–H and O–H groups in total. The molecule has 0 aromatic rings. The fourth-order valence-corrected chi connectivity index (χ4v) is 1.75. The van der Waals surface area contributed by atoms with E-state index >= 15 is 0 Å². The smallest absolute Gasteiger partial charge is 0.317 e. The van der Waals surface area contributed by atoms with E-state index in [1.54, 1.807) is 14.1 Å². The van der Waals surface area contributed by atoms with Gasteiger partial charge in [0.2, 0.25) is 5.91 Å². The summed E-state index contributed by atoms with van der Waals surface area (Å²) in [5.74, 6) is -1.78. The van der Waals surface area contributed by atoms with Crippen LogP contribution in [0.5, 0.6) is 0 Å². The lowest BCUT2D eigenvalue weighted by molar-refractivity contribution is -0.142. The third kappa shape index (κ3) is 8.16. The van der Waals surface area contributed by atoms with Gasteiger partial charge < -0.3 is 20.2 Å². The van der Waals surface area contributed by atoms with Crippen LogP contribution >= 0.6 is 0 Å². The molecule has 0 bridgehead atoms. The van der Waals surface area contributed by atoms with Crippen molar-refractivity contribution in [2.75, 3.05) is 34.2 Å². The topological polar surface area (TPSA) is 90.0 Å². The number of carbonyl (C=O) groups excluding carboxylic acids is 2. The monoisotopic (exact) mass is 301 g/mol. The Bertz CT molecular complexity index is 388. The van der Waals surface area contributed by atoms with Crippen LogP contribution in [0.4, 0.5) is 4.79 Å². The Labute approximate surface area is 126 Å². The largest absolute Gasteiger partial charge is 0.481 e. The zero-order valence-corrected chi connectivity index (χ0v) is 13.8. The number of carboxylic acid groups (broad SMARTS) is 1. The molecule has 0 aliphatic heterocycles. The third-order valence-electron chi connectivity index (χ3n) is 2.93. The first kappa shape index (κ1) is 19.2. The molecule has 7 nitrogen and oxygen atoms in total. The molecule has 0 heterocycles. The van der Waals surface area contributed by atoms with E-state index in [9.17, 15) is 19.5 Å². The highest BCUT2D eigenvalue weighted by Crippen LogP contribution is 2.24. The lowest BCUT2D eigenvalue weighted by Crippen LogP contribution is -2.45. The zero-order valence-electron chi connectivity index (χ0n) is 13.8. The van der Waals surface area contributed by atoms with E-state index in [1.807, 2.05) is 20.8 Å². The Kier molecular flexibility index (Phi) is 7.18. The van der Waals surface area contributed by atoms with Crippen molar-refractivity contribution in [3.05, 3.63) is 0 Å². The molecule has 0 saturated carbocycles. The van der Waals surface area contributed by atoms with E-state index in [0.717, 1.165) is 0 Å². The van der Waals surface area contributed by atoms with Gasteiger partial charge in [-0.05, 0) is 11.8 Å². The van der Waals surface area contributed by atoms with Gasteiger partial charge in [0.1, 0.15) is 6.54 Å². The van der Waals surface area contributed by atoms with Crippen LogP contribution in [0.1, 0.15) is 27.2 Å². The van der Waals surface area contributed by atoms with Crippen LogP contribution in [0.25, 0.3) is 0 Å². The highest BCUT2D eigenvalue weighted by Gasteiger charge is 2.25. The van der Waals surface area contributed by atoms with Crippen LogP contribution in [-0.2, 0) is 9.59 Å². The van der Waals surface area contributed by atoms with Crippen LogP contribution in [-0.4, -0.2) is 67.0 Å². The Morgan fingerprint density at radius 3 is 2.05 bits per heavy atom. The number of nitrogens with one attached hydrogen (secondary N) is 1. The normalized spacial score (nSPS) is 12.5. The van der Waals surface area contributed by atoms with E-state index in [0.29, 0.717) is 6.42 Å². The molecule has 0 fully saturated rings. The number of amides is 3. The summed E-state index contributed by atoms with van der Waals surface area (Å²) in [5.41, 5.74) is -0.138. The van der Waals surface area contributed by atoms with Gasteiger partial charge in [-0.15, -0.1) is 0 Å². The van der Waals surface area contributed by atoms with Crippen LogP contribution in [0.2, 0.25) is 0 Å². The number of hydrogen-bond donors (Lipinski definition) is 2. The van der Waals surface area contributed by atoms with Crippen molar-refractivity contribution in [1.29, 1.82) is 0 Å². The van der Waals surface area contributed by atoms with Gasteiger partial charge >= 0.3 is 12.0 Å². The first-order valence-electron chi connectivity index (χ1n) is 6.86. The highest BCUT2D eigenvalue weighted by molar-refractivity contribution is 5.83. The van der Waals surface area contributed by atoms with Crippen molar-refractivity contribution in [2.45, 2.75) is 27.2 Å². The average Bonchev–Trinajstić information content (AvgIpc) is 2.31. The van der Waals surface area contributed by atoms with E-state index in [-0.39, 0.29) is 24.4 Å². The maximum absolute atomic E-state index is 11.8. The van der Waals surface area contributed by atoms with Gasteiger partial charge in [-0.1, -0.05) is 20.8 Å². The van der Waals surface area contributed by atoms with Gasteiger partial charge in [0, 0.05) is 27.7 Å². The van der Waals surface area contributed by atoms with Crippen molar-refractivity contribution in [3.63, 3.8) is 0 Å². The minimum absolute atomic E-state index is 0.0458. The van der Waals surface area contributed by atoms with Gasteiger partial charge in [-0.2, -0.15) is 0 Å². The second kappa shape index (κ2) is 7.85. The number of urea groups is 1. The second-order valence-corrected chi connectivity index (χ2v) is 6.63. The lowest BCUT2D eigenvalue weighted by Gasteiger charge is -2.25. The van der Waals surface area contributed by atoms with Crippen molar-refractivity contribution in [2.24, 2.45) is 11.3 Å². The first-order valence-corrected chi connectivity index (χ1v) is 6.86. The molecule has 21 heavy (non-hydrogen) atoms. The molecule has 1 unspecified atom stereocenters. The van der Waals surface area contributed by atoms with Crippen LogP contribution in [0.3, 0.4) is 0 Å². The number of hydrogen-bond acceptors (Lipinski definition) is 3. The number of carbonyl (C=O) groups is 3. The summed E-state index contributed by atoms with van der Waals surface area (Å²) >= 11 is 0. The molecule has 0 aliphatic rings. The molecular formula is C14H27N3O4. The molecule has 0 radical (unpaired) electrons. The first-order chi connectivity index (χ1) is 9.44. The quantitative estimate of drug-likeness (QED) is 0.761. The van der Waals surface area contributed by atoms with E-state index in [2.05, 4.69) is 5.32 Å². The van der Waals surface area contributed by atoms with Crippen LogP contribution < -0.4 is 5.32 Å². The maximum Gasteiger partial charge on any atom is 0.317 e. The maximum atomic E-state index is 11.8. The summed E-state index contributed by atoms with van der Waals surface area (Å²) in [5, 5.41) is 11.7. The van der Waals surface area contributed by atoms with Gasteiger partial charge in [0.25, 0.3) is 0 Å². The Morgan fingerprint density at radius 2 is 1.67 bits per heavy atom. The molecule has 0 aromatic heterocycles. The zero-order chi connectivity index (χ0) is 16.8. The number of rotatable bonds is 6. The summed E-state index contributed by atoms with van der Waals surface area (Å²) in [6.07, 6.45) is 0.461. The SMILES string of the molecule is CN(C)C(=O)CN(C)C(=O)NCC(CC(C)(C)C)C(=O)O. The minimum Gasteiger partial charge on any atom is -0.481 e. The summed E-state index contributed by atoms with van der Waals surface area (Å²) in [4.78, 5) is 37.2. The number of likely N-dealkylation sites (N-methyl/N-ethyl adjacent to an activating group) is 2. The van der Waals surface area contributed by atoms with Gasteiger partial charge in [0.15, 0.2) is 0 Å². The fourth-order valence-electron chi connectivity index (χ4n) is 1.75. The van der Waals surface area contributed by atoms with E-state index in [1.165, 1.54) is 16.8 Å². The number of nitrogens with zero attached hydrogens (tertiary/aromatic N) is 2. The number of carboxylic acids is 1. The molecule has 0 saturated heterocycles. The summed E-state index contributed by atoms with van der Waals surface area (Å²) in [6, 6.07) is -0.453. The highest BCUT2D eigenvalue weighted by atomic mass is 16.4. The van der Waals surface area contributed by atoms with Crippen molar-refractivity contribution in [1.82, 2.24) is 15.1 Å². The number of aliphatic carboxylic acids is 1. The predicted molar refractivity (Wildman–Crippen MR) is 79.9 cm³/mol. The molecule has 0 rings (SSSR count). The van der Waals surface area contributed by atoms with Crippen molar-refractivity contribution >= 4 is 17.9 Å². The standard InChI is InChI=1S/C14H27N3O4/c1-14(2,3)7-10(12(19)20)8-15-13(21)17(6)9-11(18)16(4)5/h10H,7-9H2,1-6H3,(H,15,21)(H,19,20). The average molecular weight is 301 g/mol. The Morgan fingerprint density at radius 1 is 1.14 bits per heavy atom. The van der Waals surface area contributed by atoms with Crippen LogP contribution in [0.15, 0.2) is 0 Å².